The lowest BCUT2D eigenvalue weighted by atomic mass is 10.0. The molecule has 8 heteroatoms. The zero-order valence-electron chi connectivity index (χ0n) is 20.2. The number of carbonyl (C=O) groups excluding carboxylic acids is 1. The summed E-state index contributed by atoms with van der Waals surface area (Å²) in [5.41, 5.74) is 5.77. The minimum absolute atomic E-state index is 0.0650. The van der Waals surface area contributed by atoms with Crippen molar-refractivity contribution in [1.82, 2.24) is 19.9 Å². The van der Waals surface area contributed by atoms with Crippen molar-refractivity contribution in [3.8, 4) is 11.4 Å². The maximum atomic E-state index is 13.7. The molecule has 180 valence electrons. The number of aryl methyl sites for hydroxylation is 1. The fourth-order valence-corrected chi connectivity index (χ4v) is 4.86. The van der Waals surface area contributed by atoms with Crippen LogP contribution in [-0.2, 0) is 12.8 Å². The van der Waals surface area contributed by atoms with E-state index in [-0.39, 0.29) is 29.2 Å². The number of anilines is 1. The highest BCUT2D eigenvalue weighted by molar-refractivity contribution is 6.07. The number of aromatic amines is 2. The Bertz CT molecular complexity index is 1500. The predicted octanol–water partition coefficient (Wildman–Crippen LogP) is 4.08. The van der Waals surface area contributed by atoms with Crippen LogP contribution in [0.5, 0.6) is 0 Å². The van der Waals surface area contributed by atoms with Crippen LogP contribution in [-0.4, -0.2) is 51.8 Å². The van der Waals surface area contributed by atoms with Gasteiger partial charge in [0.2, 0.25) is 0 Å². The number of ketones is 1. The van der Waals surface area contributed by atoms with Crippen molar-refractivity contribution in [1.29, 1.82) is 0 Å². The van der Waals surface area contributed by atoms with Crippen molar-refractivity contribution in [2.24, 2.45) is 0 Å². The predicted molar refractivity (Wildman–Crippen MR) is 136 cm³/mol. The van der Waals surface area contributed by atoms with Gasteiger partial charge in [-0.15, -0.1) is 0 Å². The molecule has 0 radical (unpaired) electrons. The van der Waals surface area contributed by atoms with E-state index in [0.29, 0.717) is 41.0 Å². The molecule has 0 amide bonds. The molecule has 2 unspecified atom stereocenters. The lowest BCUT2D eigenvalue weighted by molar-refractivity contribution is 0.0897. The summed E-state index contributed by atoms with van der Waals surface area (Å²) in [6, 6.07) is 10.1. The topological polar surface area (TPSA) is 93.9 Å². The molecule has 1 aliphatic carbocycles. The molecule has 0 saturated heterocycles. The summed E-state index contributed by atoms with van der Waals surface area (Å²) in [5, 5.41) is 3.40. The van der Waals surface area contributed by atoms with Crippen LogP contribution in [0.2, 0.25) is 0 Å². The SMILES string of the molecule is Cc1ccc(F)cc1CC(C)Nc1cc[nH]c(=O)c1-c1nc2cc3c(cc2[nH]1)CC(N(C)C)C3=O. The molecule has 0 fully saturated rings. The zero-order valence-corrected chi connectivity index (χ0v) is 20.2. The number of rotatable bonds is 6. The van der Waals surface area contributed by atoms with E-state index < -0.39 is 0 Å². The Hall–Kier alpha value is -3.78. The van der Waals surface area contributed by atoms with Crippen molar-refractivity contribution in [2.45, 2.75) is 38.8 Å². The quantitative estimate of drug-likeness (QED) is 0.392. The number of Topliss-reactive ketones (excluding diaryl/α,β-unsaturated/α-hetero) is 1. The first-order valence-corrected chi connectivity index (χ1v) is 11.7. The number of fused-ring (bicyclic) bond motifs is 2. The molecule has 1 aliphatic rings. The summed E-state index contributed by atoms with van der Waals surface area (Å²) < 4.78 is 13.7. The first kappa shape index (κ1) is 23.0. The highest BCUT2D eigenvalue weighted by Crippen LogP contribution is 2.31. The molecule has 5 rings (SSSR count). The fourth-order valence-electron chi connectivity index (χ4n) is 4.86. The fraction of sp³-hybridized carbons (Fsp3) is 0.296. The number of imidazole rings is 1. The van der Waals surface area contributed by atoms with Crippen LogP contribution in [0.4, 0.5) is 10.1 Å². The van der Waals surface area contributed by atoms with Crippen LogP contribution in [0.25, 0.3) is 22.4 Å². The second-order valence-corrected chi connectivity index (χ2v) is 9.58. The molecule has 2 aromatic carbocycles. The lowest BCUT2D eigenvalue weighted by Gasteiger charge is -2.18. The van der Waals surface area contributed by atoms with Gasteiger partial charge in [0.1, 0.15) is 17.2 Å². The van der Waals surface area contributed by atoms with Gasteiger partial charge in [0, 0.05) is 17.8 Å². The van der Waals surface area contributed by atoms with Crippen molar-refractivity contribution < 1.29 is 9.18 Å². The van der Waals surface area contributed by atoms with Gasteiger partial charge in [0.15, 0.2) is 5.78 Å². The van der Waals surface area contributed by atoms with Crippen LogP contribution < -0.4 is 10.9 Å². The van der Waals surface area contributed by atoms with E-state index in [1.165, 1.54) is 6.07 Å². The van der Waals surface area contributed by atoms with E-state index in [0.717, 1.165) is 22.2 Å². The summed E-state index contributed by atoms with van der Waals surface area (Å²) in [6.07, 6.45) is 2.84. The molecule has 7 nitrogen and oxygen atoms in total. The third kappa shape index (κ3) is 4.25. The molecule has 2 heterocycles. The summed E-state index contributed by atoms with van der Waals surface area (Å²) >= 11 is 0. The van der Waals surface area contributed by atoms with E-state index in [1.807, 2.05) is 45.0 Å². The van der Waals surface area contributed by atoms with Gasteiger partial charge < -0.3 is 15.3 Å². The lowest BCUT2D eigenvalue weighted by Crippen LogP contribution is -2.33. The first-order chi connectivity index (χ1) is 16.7. The highest BCUT2D eigenvalue weighted by Gasteiger charge is 2.32. The Labute approximate surface area is 202 Å². The number of benzene rings is 2. The van der Waals surface area contributed by atoms with Crippen LogP contribution in [0.1, 0.15) is 34.0 Å². The van der Waals surface area contributed by atoms with E-state index in [9.17, 15) is 14.0 Å². The van der Waals surface area contributed by atoms with E-state index in [4.69, 9.17) is 0 Å². The summed E-state index contributed by atoms with van der Waals surface area (Å²) in [4.78, 5) is 38.3. The number of H-pyrrole nitrogens is 2. The summed E-state index contributed by atoms with van der Waals surface area (Å²) in [7, 11) is 3.81. The standard InChI is InChI=1S/C27H28FN5O2/c1-14-5-6-18(28)10-16(14)9-15(2)30-20-7-8-29-27(35)24(20)26-31-21-11-17-12-23(33(3)4)25(34)19(17)13-22(21)32-26/h5-8,10-11,13,15,23H,9,12H2,1-4H3,(H,31,32)(H2,29,30,35). The molecule has 2 aromatic heterocycles. The second kappa shape index (κ2) is 8.78. The number of nitrogens with one attached hydrogen (secondary N) is 3. The van der Waals surface area contributed by atoms with Gasteiger partial charge >= 0.3 is 0 Å². The average Bonchev–Trinajstić information content (AvgIpc) is 3.35. The minimum atomic E-state index is -0.278. The monoisotopic (exact) mass is 473 g/mol. The molecule has 2 atom stereocenters. The number of nitrogens with zero attached hydrogens (tertiary/aromatic N) is 2. The molecule has 0 spiro atoms. The number of hydrogen-bond acceptors (Lipinski definition) is 5. The highest BCUT2D eigenvalue weighted by atomic mass is 19.1. The zero-order chi connectivity index (χ0) is 24.9. The molecular formula is C27H28FN5O2. The van der Waals surface area contributed by atoms with Crippen molar-refractivity contribution in [2.75, 3.05) is 19.4 Å². The number of hydrogen-bond donors (Lipinski definition) is 3. The van der Waals surface area contributed by atoms with E-state index >= 15 is 0 Å². The molecule has 0 aliphatic heterocycles. The van der Waals surface area contributed by atoms with Crippen molar-refractivity contribution in [3.05, 3.63) is 81.0 Å². The number of aromatic nitrogens is 3. The van der Waals surface area contributed by atoms with Gasteiger partial charge in [-0.25, -0.2) is 9.37 Å². The van der Waals surface area contributed by atoms with Gasteiger partial charge in [-0.2, -0.15) is 0 Å². The Morgan fingerprint density at radius 1 is 1.20 bits per heavy atom. The largest absolute Gasteiger partial charge is 0.381 e. The Kier molecular flexibility index (Phi) is 5.76. The number of halogens is 1. The van der Waals surface area contributed by atoms with Gasteiger partial charge in [0.05, 0.1) is 22.8 Å². The molecular weight excluding hydrogens is 445 g/mol. The van der Waals surface area contributed by atoms with Crippen LogP contribution in [0, 0.1) is 12.7 Å². The Morgan fingerprint density at radius 3 is 2.77 bits per heavy atom. The second-order valence-electron chi connectivity index (χ2n) is 9.58. The molecule has 4 aromatic rings. The summed E-state index contributed by atoms with van der Waals surface area (Å²) in [6.45, 7) is 3.95. The molecule has 0 bridgehead atoms. The molecule has 35 heavy (non-hydrogen) atoms. The van der Waals surface area contributed by atoms with E-state index in [1.54, 1.807) is 24.4 Å². The normalized spacial score (nSPS) is 16.2. The third-order valence-corrected chi connectivity index (χ3v) is 6.75. The average molecular weight is 474 g/mol. The molecule has 3 N–H and O–H groups in total. The Balaban J connectivity index is 1.47. The third-order valence-electron chi connectivity index (χ3n) is 6.75. The number of pyridine rings is 1. The maximum Gasteiger partial charge on any atom is 0.261 e. The van der Waals surface area contributed by atoms with Crippen molar-refractivity contribution in [3.63, 3.8) is 0 Å². The number of likely N-dealkylation sites (N-methyl/N-ethyl adjacent to an activating group) is 1. The van der Waals surface area contributed by atoms with Crippen LogP contribution in [0.15, 0.2) is 47.4 Å². The van der Waals surface area contributed by atoms with Gasteiger partial charge in [0.25, 0.3) is 5.56 Å². The van der Waals surface area contributed by atoms with Crippen molar-refractivity contribution >= 4 is 22.5 Å². The summed E-state index contributed by atoms with van der Waals surface area (Å²) in [5.74, 6) is 0.260. The van der Waals surface area contributed by atoms with Crippen LogP contribution in [0.3, 0.4) is 0 Å². The minimum Gasteiger partial charge on any atom is -0.381 e. The smallest absolute Gasteiger partial charge is 0.261 e. The van der Waals surface area contributed by atoms with E-state index in [2.05, 4.69) is 20.3 Å². The van der Waals surface area contributed by atoms with Crippen LogP contribution >= 0.6 is 0 Å². The first-order valence-electron chi connectivity index (χ1n) is 11.7. The number of carbonyl (C=O) groups is 1. The Morgan fingerprint density at radius 2 is 2.00 bits per heavy atom. The van der Waals surface area contributed by atoms with Gasteiger partial charge in [-0.05, 0) is 87.8 Å². The van der Waals surface area contributed by atoms with Gasteiger partial charge in [-0.1, -0.05) is 6.07 Å². The molecule has 0 saturated carbocycles. The van der Waals surface area contributed by atoms with Gasteiger partial charge in [-0.3, -0.25) is 14.5 Å². The maximum absolute atomic E-state index is 13.7.